The maximum atomic E-state index is 4.86. The van der Waals surface area contributed by atoms with Crippen molar-refractivity contribution in [3.8, 4) is 0 Å². The summed E-state index contributed by atoms with van der Waals surface area (Å²) >= 11 is 0. The van der Waals surface area contributed by atoms with Crippen LogP contribution in [0.4, 0.5) is 0 Å². The molecule has 0 radical (unpaired) electrons. The zero-order valence-electron chi connectivity index (χ0n) is 17.0. The van der Waals surface area contributed by atoms with Crippen LogP contribution in [0, 0.1) is 0 Å². The Labute approximate surface area is 185 Å². The lowest BCUT2D eigenvalue weighted by molar-refractivity contribution is 0.250. The number of aliphatic imine (C=N–C) groups is 1. The zero-order chi connectivity index (χ0) is 18.9. The van der Waals surface area contributed by atoms with Gasteiger partial charge in [0.25, 0.3) is 0 Å². The summed E-state index contributed by atoms with van der Waals surface area (Å²) < 4.78 is 1.84. The molecule has 0 spiro atoms. The van der Waals surface area contributed by atoms with Crippen molar-refractivity contribution in [3.63, 3.8) is 0 Å². The van der Waals surface area contributed by atoms with Crippen molar-refractivity contribution in [2.24, 2.45) is 12.0 Å². The zero-order valence-corrected chi connectivity index (χ0v) is 19.3. The van der Waals surface area contributed by atoms with E-state index in [9.17, 15) is 0 Å². The summed E-state index contributed by atoms with van der Waals surface area (Å²) in [7, 11) is 1.95. The molecular weight excluding hydrogens is 463 g/mol. The third kappa shape index (κ3) is 7.09. The molecule has 154 valence electrons. The van der Waals surface area contributed by atoms with Crippen molar-refractivity contribution >= 4 is 29.9 Å². The quantitative estimate of drug-likeness (QED) is 0.336. The van der Waals surface area contributed by atoms with Crippen LogP contribution in [0.1, 0.15) is 30.9 Å². The molecule has 1 unspecified atom stereocenters. The number of hydrogen-bond donors (Lipinski definition) is 2. The average molecular weight is 496 g/mol. The summed E-state index contributed by atoms with van der Waals surface area (Å²) in [5.41, 5.74) is 2.63. The van der Waals surface area contributed by atoms with Gasteiger partial charge in [-0.3, -0.25) is 14.6 Å². The number of likely N-dealkylation sites (tertiary alicyclic amines) is 1. The van der Waals surface area contributed by atoms with Crippen molar-refractivity contribution < 1.29 is 0 Å². The monoisotopic (exact) mass is 496 g/mol. The molecule has 1 saturated heterocycles. The number of hydrogen-bond acceptors (Lipinski definition) is 3. The number of rotatable bonds is 8. The van der Waals surface area contributed by atoms with Gasteiger partial charge < -0.3 is 10.6 Å². The van der Waals surface area contributed by atoms with E-state index in [4.69, 9.17) is 4.99 Å². The van der Waals surface area contributed by atoms with E-state index >= 15 is 0 Å². The highest BCUT2D eigenvalue weighted by Gasteiger charge is 2.24. The van der Waals surface area contributed by atoms with E-state index in [1.807, 2.05) is 17.9 Å². The highest BCUT2D eigenvalue weighted by atomic mass is 127. The summed E-state index contributed by atoms with van der Waals surface area (Å²) in [5, 5.41) is 11.0. The van der Waals surface area contributed by atoms with Crippen LogP contribution >= 0.6 is 24.0 Å². The molecule has 0 amide bonds. The lowest BCUT2D eigenvalue weighted by Gasteiger charge is -2.23. The summed E-state index contributed by atoms with van der Waals surface area (Å²) in [6, 6.07) is 11.3. The minimum Gasteiger partial charge on any atom is -0.357 e. The molecule has 0 saturated carbocycles. The lowest BCUT2D eigenvalue weighted by Crippen LogP contribution is -2.40. The largest absolute Gasteiger partial charge is 0.357 e. The van der Waals surface area contributed by atoms with Crippen molar-refractivity contribution in [1.29, 1.82) is 0 Å². The SMILES string of the molecule is CCNC(=NCC1CCCN1Cc1ccccc1)NCCc1cnn(C)c1.I. The number of nitrogens with one attached hydrogen (secondary N) is 2. The van der Waals surface area contributed by atoms with Gasteiger partial charge >= 0.3 is 0 Å². The van der Waals surface area contributed by atoms with Gasteiger partial charge in [-0.05, 0) is 43.9 Å². The van der Waals surface area contributed by atoms with E-state index in [-0.39, 0.29) is 24.0 Å². The summed E-state index contributed by atoms with van der Waals surface area (Å²) in [6.07, 6.45) is 7.42. The summed E-state index contributed by atoms with van der Waals surface area (Å²) in [4.78, 5) is 7.42. The Morgan fingerprint density at radius 2 is 2.04 bits per heavy atom. The molecule has 7 heteroatoms. The minimum absolute atomic E-state index is 0. The molecule has 1 fully saturated rings. The lowest BCUT2D eigenvalue weighted by atomic mass is 10.2. The fraction of sp³-hybridized carbons (Fsp3) is 0.524. The van der Waals surface area contributed by atoms with Crippen LogP contribution in [-0.2, 0) is 20.0 Å². The molecule has 28 heavy (non-hydrogen) atoms. The van der Waals surface area contributed by atoms with Gasteiger partial charge in [-0.2, -0.15) is 5.10 Å². The van der Waals surface area contributed by atoms with Crippen molar-refractivity contribution in [1.82, 2.24) is 25.3 Å². The van der Waals surface area contributed by atoms with Crippen LogP contribution < -0.4 is 10.6 Å². The molecule has 3 rings (SSSR count). The van der Waals surface area contributed by atoms with Gasteiger partial charge in [0.2, 0.25) is 0 Å². The Morgan fingerprint density at radius 1 is 1.21 bits per heavy atom. The van der Waals surface area contributed by atoms with Crippen LogP contribution in [0.25, 0.3) is 0 Å². The first-order valence-corrected chi connectivity index (χ1v) is 10.0. The van der Waals surface area contributed by atoms with Gasteiger partial charge in [0.15, 0.2) is 5.96 Å². The second kappa shape index (κ2) is 12.1. The standard InChI is InChI=1S/C21H32N6.HI/c1-3-22-21(23-12-11-19-14-25-26(2)16-19)24-15-20-10-7-13-27(20)17-18-8-5-4-6-9-18;/h4-6,8-9,14,16,20H,3,7,10-13,15,17H2,1-2H3,(H2,22,23,24);1H. The summed E-state index contributed by atoms with van der Waals surface area (Å²) in [6.45, 7) is 6.86. The van der Waals surface area contributed by atoms with Crippen LogP contribution in [-0.4, -0.2) is 52.9 Å². The third-order valence-corrected chi connectivity index (χ3v) is 5.00. The Hall–Kier alpha value is -1.61. The van der Waals surface area contributed by atoms with E-state index in [0.717, 1.165) is 38.6 Å². The third-order valence-electron chi connectivity index (χ3n) is 5.00. The van der Waals surface area contributed by atoms with E-state index < -0.39 is 0 Å². The topological polar surface area (TPSA) is 57.5 Å². The molecule has 0 aliphatic carbocycles. The highest BCUT2D eigenvalue weighted by molar-refractivity contribution is 14.0. The molecule has 1 aromatic heterocycles. The number of halogens is 1. The van der Waals surface area contributed by atoms with Crippen molar-refractivity contribution in [3.05, 3.63) is 53.9 Å². The molecule has 0 bridgehead atoms. The van der Waals surface area contributed by atoms with E-state index in [1.165, 1.54) is 30.5 Å². The van der Waals surface area contributed by atoms with Crippen molar-refractivity contribution in [2.75, 3.05) is 26.2 Å². The number of guanidine groups is 1. The first kappa shape index (κ1) is 22.7. The van der Waals surface area contributed by atoms with E-state index in [1.54, 1.807) is 0 Å². The predicted molar refractivity (Wildman–Crippen MR) is 126 cm³/mol. The number of benzene rings is 1. The first-order valence-electron chi connectivity index (χ1n) is 10.0. The number of aromatic nitrogens is 2. The molecule has 1 aliphatic heterocycles. The van der Waals surface area contributed by atoms with E-state index in [0.29, 0.717) is 6.04 Å². The summed E-state index contributed by atoms with van der Waals surface area (Å²) in [5.74, 6) is 0.910. The van der Waals surface area contributed by atoms with Gasteiger partial charge in [0.1, 0.15) is 0 Å². The highest BCUT2D eigenvalue weighted by Crippen LogP contribution is 2.20. The number of aryl methyl sites for hydroxylation is 1. The minimum atomic E-state index is 0. The Morgan fingerprint density at radius 3 is 2.75 bits per heavy atom. The maximum Gasteiger partial charge on any atom is 0.191 e. The first-order chi connectivity index (χ1) is 13.2. The second-order valence-corrected chi connectivity index (χ2v) is 7.17. The Balaban J connectivity index is 0.00000280. The molecule has 2 N–H and O–H groups in total. The van der Waals surface area contributed by atoms with Gasteiger partial charge in [0, 0.05) is 38.9 Å². The Kier molecular flexibility index (Phi) is 9.77. The molecule has 2 aromatic rings. The molecule has 6 nitrogen and oxygen atoms in total. The smallest absolute Gasteiger partial charge is 0.191 e. The Bertz CT molecular complexity index is 715. The molecular formula is C21H33IN6. The normalized spacial score (nSPS) is 17.4. The number of nitrogens with zero attached hydrogens (tertiary/aromatic N) is 4. The van der Waals surface area contributed by atoms with Crippen LogP contribution in [0.5, 0.6) is 0 Å². The van der Waals surface area contributed by atoms with Crippen molar-refractivity contribution in [2.45, 2.75) is 38.8 Å². The van der Waals surface area contributed by atoms with E-state index in [2.05, 4.69) is 64.1 Å². The van der Waals surface area contributed by atoms with Crippen LogP contribution in [0.2, 0.25) is 0 Å². The van der Waals surface area contributed by atoms with Gasteiger partial charge in [-0.1, -0.05) is 30.3 Å². The average Bonchev–Trinajstić information content (AvgIpc) is 3.29. The van der Waals surface area contributed by atoms with Crippen LogP contribution in [0.15, 0.2) is 47.7 Å². The second-order valence-electron chi connectivity index (χ2n) is 7.17. The molecule has 1 aliphatic rings. The molecule has 2 heterocycles. The predicted octanol–water partition coefficient (Wildman–Crippen LogP) is 2.80. The fourth-order valence-corrected chi connectivity index (χ4v) is 3.59. The van der Waals surface area contributed by atoms with Gasteiger partial charge in [-0.15, -0.1) is 24.0 Å². The fourth-order valence-electron chi connectivity index (χ4n) is 3.59. The van der Waals surface area contributed by atoms with Gasteiger partial charge in [0.05, 0.1) is 12.7 Å². The molecule has 1 atom stereocenters. The molecule has 1 aromatic carbocycles. The maximum absolute atomic E-state index is 4.86. The van der Waals surface area contributed by atoms with Gasteiger partial charge in [-0.25, -0.2) is 0 Å². The van der Waals surface area contributed by atoms with Crippen LogP contribution in [0.3, 0.4) is 0 Å².